The number of aliphatic hydroxyl groups is 1. The number of hydrogen-bond donors (Lipinski definition) is 1. The van der Waals surface area contributed by atoms with E-state index in [4.69, 9.17) is 16.7 Å². The fourth-order valence-corrected chi connectivity index (χ4v) is 2.67. The molecule has 0 saturated carbocycles. The van der Waals surface area contributed by atoms with Gasteiger partial charge < -0.3 is 5.11 Å². The van der Waals surface area contributed by atoms with Crippen LogP contribution in [-0.2, 0) is 14.5 Å². The first-order chi connectivity index (χ1) is 10.6. The van der Waals surface area contributed by atoms with Crippen molar-refractivity contribution in [1.82, 2.24) is 0 Å². The Labute approximate surface area is 134 Å². The number of rotatable bonds is 7. The number of hydrogen-bond acceptors (Lipinski definition) is 3. The van der Waals surface area contributed by atoms with Gasteiger partial charge in [0.2, 0.25) is 11.6 Å². The zero-order chi connectivity index (χ0) is 16.0. The van der Waals surface area contributed by atoms with Crippen molar-refractivity contribution in [3.05, 3.63) is 71.8 Å². The highest BCUT2D eigenvalue weighted by Crippen LogP contribution is 2.38. The van der Waals surface area contributed by atoms with Gasteiger partial charge in [-0.1, -0.05) is 72.3 Å². The lowest BCUT2D eigenvalue weighted by Crippen LogP contribution is -2.37. The van der Waals surface area contributed by atoms with E-state index in [1.54, 1.807) is 48.5 Å². The summed E-state index contributed by atoms with van der Waals surface area (Å²) < 4.78 is 0. The fraction of sp³-hybridized carbons (Fsp3) is 0.222. The van der Waals surface area contributed by atoms with E-state index in [1.165, 1.54) is 0 Å². The number of halogens is 1. The molecule has 0 heterocycles. The largest absolute Gasteiger partial charge is 0.396 e. The van der Waals surface area contributed by atoms with E-state index in [0.29, 0.717) is 11.1 Å². The molecule has 2 aromatic rings. The predicted molar refractivity (Wildman–Crippen MR) is 85.9 cm³/mol. The predicted octanol–water partition coefficient (Wildman–Crippen LogP) is 3.08. The number of aliphatic hydroxyl groups excluding tert-OH is 1. The van der Waals surface area contributed by atoms with Crippen molar-refractivity contribution >= 4 is 23.2 Å². The number of benzene rings is 2. The minimum atomic E-state index is -1.53. The highest BCUT2D eigenvalue weighted by Gasteiger charge is 2.42. The monoisotopic (exact) mass is 316 g/mol. The van der Waals surface area contributed by atoms with Gasteiger partial charge >= 0.3 is 0 Å². The zero-order valence-electron chi connectivity index (χ0n) is 12.0. The standard InChI is InChI=1S/C18H17ClO3/c19-18(14-8-3-1-4-9-14,15-10-5-2-6-11-15)17(22)16(21)12-7-13-20/h1-6,8-11,20H,7,12-13H2. The van der Waals surface area contributed by atoms with Crippen molar-refractivity contribution in [1.29, 1.82) is 0 Å². The average Bonchev–Trinajstić information content (AvgIpc) is 2.59. The average molecular weight is 317 g/mol. The third kappa shape index (κ3) is 3.26. The Morgan fingerprint density at radius 3 is 1.77 bits per heavy atom. The van der Waals surface area contributed by atoms with E-state index < -0.39 is 16.4 Å². The molecule has 0 spiro atoms. The highest BCUT2D eigenvalue weighted by atomic mass is 35.5. The van der Waals surface area contributed by atoms with Crippen LogP contribution in [0.3, 0.4) is 0 Å². The molecule has 0 bridgehead atoms. The van der Waals surface area contributed by atoms with Gasteiger partial charge in [-0.15, -0.1) is 0 Å². The highest BCUT2D eigenvalue weighted by molar-refractivity contribution is 6.53. The molecule has 0 fully saturated rings. The Kier molecular flexibility index (Phi) is 5.47. The smallest absolute Gasteiger partial charge is 0.228 e. The molecule has 0 aromatic heterocycles. The van der Waals surface area contributed by atoms with E-state index in [-0.39, 0.29) is 19.4 Å². The van der Waals surface area contributed by atoms with Crippen LogP contribution in [-0.4, -0.2) is 23.3 Å². The Hall–Kier alpha value is -1.97. The van der Waals surface area contributed by atoms with Crippen molar-refractivity contribution < 1.29 is 14.7 Å². The lowest BCUT2D eigenvalue weighted by atomic mass is 9.84. The number of Topliss-reactive ketones (excluding diaryl/α,β-unsaturated/α-hetero) is 2. The molecule has 22 heavy (non-hydrogen) atoms. The second kappa shape index (κ2) is 7.34. The van der Waals surface area contributed by atoms with Crippen LogP contribution in [0.1, 0.15) is 24.0 Å². The van der Waals surface area contributed by atoms with Crippen LogP contribution in [0.4, 0.5) is 0 Å². The fourth-order valence-electron chi connectivity index (χ4n) is 2.31. The van der Waals surface area contributed by atoms with E-state index in [2.05, 4.69) is 0 Å². The quantitative estimate of drug-likeness (QED) is 0.631. The maximum atomic E-state index is 12.7. The second-order valence-electron chi connectivity index (χ2n) is 4.97. The molecule has 1 N–H and O–H groups in total. The molecular weight excluding hydrogens is 300 g/mol. The summed E-state index contributed by atoms with van der Waals surface area (Å²) in [5, 5.41) is 8.84. The van der Waals surface area contributed by atoms with Crippen LogP contribution in [0, 0.1) is 0 Å². The summed E-state index contributed by atoms with van der Waals surface area (Å²) in [6, 6.07) is 17.7. The third-order valence-electron chi connectivity index (χ3n) is 3.47. The van der Waals surface area contributed by atoms with Gasteiger partial charge in [-0.05, 0) is 17.5 Å². The third-order valence-corrected chi connectivity index (χ3v) is 4.08. The van der Waals surface area contributed by atoms with Crippen LogP contribution in [0.2, 0.25) is 0 Å². The molecule has 114 valence electrons. The lowest BCUT2D eigenvalue weighted by Gasteiger charge is -2.26. The molecule has 0 aliphatic heterocycles. The minimum absolute atomic E-state index is 0.0104. The van der Waals surface area contributed by atoms with Gasteiger partial charge in [0.15, 0.2) is 4.87 Å². The SMILES string of the molecule is O=C(CCCO)C(=O)C(Cl)(c1ccccc1)c1ccccc1. The van der Waals surface area contributed by atoms with Crippen LogP contribution in [0.15, 0.2) is 60.7 Å². The first kappa shape index (κ1) is 16.4. The minimum Gasteiger partial charge on any atom is -0.396 e. The summed E-state index contributed by atoms with van der Waals surface area (Å²) >= 11 is 6.68. The Balaban J connectivity index is 2.47. The molecule has 0 radical (unpaired) electrons. The van der Waals surface area contributed by atoms with Gasteiger partial charge in [0.1, 0.15) is 0 Å². The molecule has 2 rings (SSSR count). The van der Waals surface area contributed by atoms with Gasteiger partial charge in [0.05, 0.1) is 0 Å². The Morgan fingerprint density at radius 1 is 0.909 bits per heavy atom. The summed E-state index contributed by atoms with van der Waals surface area (Å²) in [6.07, 6.45) is 0.241. The van der Waals surface area contributed by atoms with Gasteiger partial charge in [-0.3, -0.25) is 9.59 Å². The van der Waals surface area contributed by atoms with E-state index in [9.17, 15) is 9.59 Å². The summed E-state index contributed by atoms with van der Waals surface area (Å²) in [4.78, 5) is 23.3. The molecule has 2 aromatic carbocycles. The normalized spacial score (nSPS) is 11.2. The molecule has 0 aliphatic carbocycles. The molecule has 0 atom stereocenters. The van der Waals surface area contributed by atoms with Crippen molar-refractivity contribution in [2.75, 3.05) is 6.61 Å². The van der Waals surface area contributed by atoms with Crippen molar-refractivity contribution in [2.45, 2.75) is 17.7 Å². The summed E-state index contributed by atoms with van der Waals surface area (Å²) in [5.74, 6) is -1.24. The first-order valence-corrected chi connectivity index (χ1v) is 7.47. The Morgan fingerprint density at radius 2 is 1.36 bits per heavy atom. The maximum absolute atomic E-state index is 12.7. The van der Waals surface area contributed by atoms with Gasteiger partial charge in [0, 0.05) is 13.0 Å². The summed E-state index contributed by atoms with van der Waals surface area (Å²) in [7, 11) is 0. The van der Waals surface area contributed by atoms with E-state index in [0.717, 1.165) is 0 Å². The number of carbonyl (C=O) groups is 2. The van der Waals surface area contributed by atoms with E-state index >= 15 is 0 Å². The number of alkyl halides is 1. The maximum Gasteiger partial charge on any atom is 0.228 e. The van der Waals surface area contributed by atoms with Gasteiger partial charge in [-0.2, -0.15) is 0 Å². The second-order valence-corrected chi connectivity index (χ2v) is 5.54. The van der Waals surface area contributed by atoms with Crippen molar-refractivity contribution in [3.8, 4) is 0 Å². The summed E-state index contributed by atoms with van der Waals surface area (Å²) in [5.41, 5.74) is 1.12. The van der Waals surface area contributed by atoms with Crippen molar-refractivity contribution in [3.63, 3.8) is 0 Å². The topological polar surface area (TPSA) is 54.4 Å². The van der Waals surface area contributed by atoms with Crippen LogP contribution >= 0.6 is 11.6 Å². The molecular formula is C18H17ClO3. The lowest BCUT2D eigenvalue weighted by molar-refractivity contribution is -0.137. The zero-order valence-corrected chi connectivity index (χ0v) is 12.8. The van der Waals surface area contributed by atoms with Crippen LogP contribution < -0.4 is 0 Å². The molecule has 3 nitrogen and oxygen atoms in total. The number of carbonyl (C=O) groups excluding carboxylic acids is 2. The molecule has 4 heteroatoms. The van der Waals surface area contributed by atoms with Crippen LogP contribution in [0.5, 0.6) is 0 Å². The molecule has 0 amide bonds. The van der Waals surface area contributed by atoms with Gasteiger partial charge in [0.25, 0.3) is 0 Å². The van der Waals surface area contributed by atoms with E-state index in [1.807, 2.05) is 12.1 Å². The first-order valence-electron chi connectivity index (χ1n) is 7.09. The van der Waals surface area contributed by atoms with Gasteiger partial charge in [-0.25, -0.2) is 0 Å². The van der Waals surface area contributed by atoms with Crippen molar-refractivity contribution in [2.24, 2.45) is 0 Å². The van der Waals surface area contributed by atoms with Crippen LogP contribution in [0.25, 0.3) is 0 Å². The molecule has 0 aliphatic rings. The Bertz CT molecular complexity index is 598. The summed E-state index contributed by atoms with van der Waals surface area (Å²) in [6.45, 7) is -0.134. The number of ketones is 2. The molecule has 0 unspecified atom stereocenters. The molecule has 0 saturated heterocycles.